The molecule has 0 aliphatic carbocycles. The highest BCUT2D eigenvalue weighted by Gasteiger charge is 2.15. The Kier molecular flexibility index (Phi) is 7.65. The molecule has 0 spiro atoms. The number of carbonyl (C=O) groups excluding carboxylic acids is 1. The van der Waals surface area contributed by atoms with Crippen molar-refractivity contribution in [3.05, 3.63) is 29.8 Å². The second-order valence-corrected chi connectivity index (χ2v) is 7.47. The Bertz CT molecular complexity index is 573. The Morgan fingerprint density at radius 3 is 2.68 bits per heavy atom. The Balaban J connectivity index is 1.67. The molecule has 5 nitrogen and oxygen atoms in total. The molecule has 0 saturated carbocycles. The molecule has 2 rings (SSSR count). The summed E-state index contributed by atoms with van der Waals surface area (Å²) in [7, 11) is 3.50. The lowest BCUT2D eigenvalue weighted by Crippen LogP contribution is -2.37. The van der Waals surface area contributed by atoms with Crippen LogP contribution in [-0.2, 0) is 0 Å². The minimum atomic E-state index is -0.000664. The van der Waals surface area contributed by atoms with Gasteiger partial charge in [-0.1, -0.05) is 6.92 Å². The zero-order valence-corrected chi connectivity index (χ0v) is 16.4. The standard InChI is InChI=1S/C19H30N4OS/c1-15-6-4-12-23(14-15)13-5-11-20-19(25)21-17-9-7-16(8-10-17)18(24)22(2)3/h7-10,15H,4-6,11-14H2,1-3H3,(H2,20,21,25). The van der Waals surface area contributed by atoms with E-state index in [1.807, 2.05) is 24.3 Å². The van der Waals surface area contributed by atoms with Gasteiger partial charge in [-0.05, 0) is 74.8 Å². The maximum absolute atomic E-state index is 11.9. The van der Waals surface area contributed by atoms with E-state index in [2.05, 4.69) is 22.5 Å². The van der Waals surface area contributed by atoms with Gasteiger partial charge in [-0.25, -0.2) is 0 Å². The maximum Gasteiger partial charge on any atom is 0.253 e. The summed E-state index contributed by atoms with van der Waals surface area (Å²) in [4.78, 5) is 16.0. The van der Waals surface area contributed by atoms with E-state index in [9.17, 15) is 4.79 Å². The summed E-state index contributed by atoms with van der Waals surface area (Å²) in [6.45, 7) is 6.78. The summed E-state index contributed by atoms with van der Waals surface area (Å²) in [5.41, 5.74) is 1.56. The largest absolute Gasteiger partial charge is 0.362 e. The Morgan fingerprint density at radius 1 is 1.32 bits per heavy atom. The van der Waals surface area contributed by atoms with Crippen molar-refractivity contribution in [2.24, 2.45) is 5.92 Å². The molecule has 1 aliphatic rings. The van der Waals surface area contributed by atoms with Gasteiger partial charge in [0.2, 0.25) is 0 Å². The number of piperidine rings is 1. The summed E-state index contributed by atoms with van der Waals surface area (Å²) in [6, 6.07) is 7.37. The third-order valence-corrected chi connectivity index (χ3v) is 4.72. The van der Waals surface area contributed by atoms with Crippen molar-refractivity contribution in [2.75, 3.05) is 45.6 Å². The lowest BCUT2D eigenvalue weighted by atomic mass is 10.0. The number of likely N-dealkylation sites (tertiary alicyclic amines) is 1. The average Bonchev–Trinajstić information content (AvgIpc) is 2.59. The van der Waals surface area contributed by atoms with Gasteiger partial charge in [-0.2, -0.15) is 0 Å². The van der Waals surface area contributed by atoms with Crippen LogP contribution in [0.1, 0.15) is 36.5 Å². The zero-order chi connectivity index (χ0) is 18.2. The summed E-state index contributed by atoms with van der Waals surface area (Å²) in [5, 5.41) is 7.04. The fourth-order valence-corrected chi connectivity index (χ4v) is 3.34. The van der Waals surface area contributed by atoms with Crippen molar-refractivity contribution >= 4 is 28.9 Å². The van der Waals surface area contributed by atoms with Gasteiger partial charge >= 0.3 is 0 Å². The highest BCUT2D eigenvalue weighted by atomic mass is 32.1. The lowest BCUT2D eigenvalue weighted by molar-refractivity contribution is 0.0827. The number of hydrogen-bond acceptors (Lipinski definition) is 3. The van der Waals surface area contributed by atoms with Crippen molar-refractivity contribution in [1.82, 2.24) is 15.1 Å². The van der Waals surface area contributed by atoms with Crippen molar-refractivity contribution in [1.29, 1.82) is 0 Å². The first kappa shape index (κ1) is 19.7. The molecule has 0 aromatic heterocycles. The molecule has 1 saturated heterocycles. The van der Waals surface area contributed by atoms with Gasteiger partial charge in [0.1, 0.15) is 0 Å². The summed E-state index contributed by atoms with van der Waals surface area (Å²) in [5.74, 6) is 0.825. The predicted molar refractivity (Wildman–Crippen MR) is 108 cm³/mol. The van der Waals surface area contributed by atoms with E-state index in [4.69, 9.17) is 12.2 Å². The van der Waals surface area contributed by atoms with E-state index in [1.165, 1.54) is 25.9 Å². The number of thiocarbonyl (C=S) groups is 1. The Hall–Kier alpha value is -1.66. The average molecular weight is 363 g/mol. The summed E-state index contributed by atoms with van der Waals surface area (Å²) < 4.78 is 0. The Labute approximate surface area is 156 Å². The number of nitrogens with one attached hydrogen (secondary N) is 2. The molecule has 1 heterocycles. The first-order valence-corrected chi connectivity index (χ1v) is 9.45. The molecule has 1 amide bonds. The second kappa shape index (κ2) is 9.73. The normalized spacial score (nSPS) is 17.8. The quantitative estimate of drug-likeness (QED) is 0.602. The number of hydrogen-bond donors (Lipinski definition) is 2. The van der Waals surface area contributed by atoms with Crippen LogP contribution in [0.25, 0.3) is 0 Å². The fraction of sp³-hybridized carbons (Fsp3) is 0.579. The first-order valence-electron chi connectivity index (χ1n) is 9.04. The highest BCUT2D eigenvalue weighted by Crippen LogP contribution is 2.15. The zero-order valence-electron chi connectivity index (χ0n) is 15.5. The minimum absolute atomic E-state index is 0.000664. The number of amides is 1. The van der Waals surface area contributed by atoms with Crippen LogP contribution in [0.3, 0.4) is 0 Å². The van der Waals surface area contributed by atoms with E-state index in [0.717, 1.165) is 31.1 Å². The SMILES string of the molecule is CC1CCCN(CCCNC(=S)Nc2ccc(C(=O)N(C)C)cc2)C1. The van der Waals surface area contributed by atoms with Crippen LogP contribution >= 0.6 is 12.2 Å². The number of nitrogens with zero attached hydrogens (tertiary/aromatic N) is 2. The molecular formula is C19H30N4OS. The molecule has 25 heavy (non-hydrogen) atoms. The molecule has 1 aliphatic heterocycles. The van der Waals surface area contributed by atoms with Crippen molar-refractivity contribution in [2.45, 2.75) is 26.2 Å². The molecule has 138 valence electrons. The van der Waals surface area contributed by atoms with Gasteiger partial charge in [-0.3, -0.25) is 4.79 Å². The maximum atomic E-state index is 11.9. The van der Waals surface area contributed by atoms with Crippen molar-refractivity contribution < 1.29 is 4.79 Å². The first-order chi connectivity index (χ1) is 12.0. The van der Waals surface area contributed by atoms with Gasteiger partial charge < -0.3 is 20.4 Å². The van der Waals surface area contributed by atoms with Crippen molar-refractivity contribution in [3.63, 3.8) is 0 Å². The van der Waals surface area contributed by atoms with E-state index in [0.29, 0.717) is 10.7 Å². The van der Waals surface area contributed by atoms with Crippen molar-refractivity contribution in [3.8, 4) is 0 Å². The van der Waals surface area contributed by atoms with Crippen LogP contribution in [0.15, 0.2) is 24.3 Å². The summed E-state index contributed by atoms with van der Waals surface area (Å²) in [6.07, 6.45) is 3.77. The number of benzene rings is 1. The molecule has 1 aromatic carbocycles. The molecule has 6 heteroatoms. The van der Waals surface area contributed by atoms with E-state index >= 15 is 0 Å². The van der Waals surface area contributed by atoms with Gasteiger partial charge in [0.15, 0.2) is 5.11 Å². The molecule has 0 radical (unpaired) electrons. The van der Waals surface area contributed by atoms with Crippen LogP contribution in [0.4, 0.5) is 5.69 Å². The number of anilines is 1. The molecule has 1 atom stereocenters. The summed E-state index contributed by atoms with van der Waals surface area (Å²) >= 11 is 5.34. The third kappa shape index (κ3) is 6.63. The molecule has 1 fully saturated rings. The molecule has 0 bridgehead atoms. The smallest absolute Gasteiger partial charge is 0.253 e. The van der Waals surface area contributed by atoms with Gasteiger partial charge in [0.25, 0.3) is 5.91 Å². The van der Waals surface area contributed by atoms with E-state index < -0.39 is 0 Å². The molecule has 2 N–H and O–H groups in total. The van der Waals surface area contributed by atoms with Gasteiger partial charge in [-0.15, -0.1) is 0 Å². The molecule has 1 aromatic rings. The number of rotatable bonds is 6. The van der Waals surface area contributed by atoms with Crippen LogP contribution in [0.5, 0.6) is 0 Å². The Morgan fingerprint density at radius 2 is 2.04 bits per heavy atom. The van der Waals surface area contributed by atoms with Gasteiger partial charge in [0.05, 0.1) is 0 Å². The third-order valence-electron chi connectivity index (χ3n) is 4.47. The van der Waals surface area contributed by atoms with Crippen LogP contribution in [-0.4, -0.2) is 61.1 Å². The molecular weight excluding hydrogens is 332 g/mol. The predicted octanol–water partition coefficient (Wildman–Crippen LogP) is 2.80. The van der Waals surface area contributed by atoms with E-state index in [1.54, 1.807) is 19.0 Å². The number of carbonyl (C=O) groups is 1. The van der Waals surface area contributed by atoms with E-state index in [-0.39, 0.29) is 5.91 Å². The van der Waals surface area contributed by atoms with Gasteiger partial charge in [0, 0.05) is 38.4 Å². The monoisotopic (exact) mass is 362 g/mol. The van der Waals surface area contributed by atoms with Crippen LogP contribution in [0, 0.1) is 5.92 Å². The van der Waals surface area contributed by atoms with Crippen LogP contribution in [0.2, 0.25) is 0 Å². The fourth-order valence-electron chi connectivity index (χ4n) is 3.12. The topological polar surface area (TPSA) is 47.6 Å². The lowest BCUT2D eigenvalue weighted by Gasteiger charge is -2.30. The highest BCUT2D eigenvalue weighted by molar-refractivity contribution is 7.80. The van der Waals surface area contributed by atoms with Crippen LogP contribution < -0.4 is 10.6 Å². The minimum Gasteiger partial charge on any atom is -0.362 e. The second-order valence-electron chi connectivity index (χ2n) is 7.06. The molecule has 1 unspecified atom stereocenters.